The normalized spacial score (nSPS) is 15.0. The zero-order valence-electron chi connectivity index (χ0n) is 19.0. The van der Waals surface area contributed by atoms with Crippen molar-refractivity contribution in [1.82, 2.24) is 9.47 Å². The van der Waals surface area contributed by atoms with Gasteiger partial charge in [-0.3, -0.25) is 4.90 Å². The van der Waals surface area contributed by atoms with Crippen molar-refractivity contribution < 1.29 is 27.4 Å². The number of rotatable bonds is 7. The average Bonchev–Trinajstić information content (AvgIpc) is 3.11. The molecule has 0 spiro atoms. The van der Waals surface area contributed by atoms with Gasteiger partial charge in [0.2, 0.25) is 9.84 Å². The number of methoxy groups -OCH3 is 1. The number of benzene rings is 2. The minimum Gasteiger partial charge on any atom is -0.495 e. The highest BCUT2D eigenvalue weighted by Gasteiger charge is 2.33. The van der Waals surface area contributed by atoms with Crippen molar-refractivity contribution in [2.45, 2.75) is 23.3 Å². The summed E-state index contributed by atoms with van der Waals surface area (Å²) >= 11 is 0. The van der Waals surface area contributed by atoms with Crippen LogP contribution in [0.2, 0.25) is 0 Å². The van der Waals surface area contributed by atoms with Crippen molar-refractivity contribution in [2.75, 3.05) is 40.0 Å². The first kappa shape index (κ1) is 23.3. The monoisotopic (exact) mass is 472 g/mol. The first-order chi connectivity index (χ1) is 15.9. The molecule has 3 aromatic rings. The maximum atomic E-state index is 13.8. The highest BCUT2D eigenvalue weighted by Crippen LogP contribution is 2.40. The lowest BCUT2D eigenvalue weighted by Gasteiger charge is -2.27. The minimum atomic E-state index is -4.00. The van der Waals surface area contributed by atoms with Crippen LogP contribution in [-0.2, 0) is 32.9 Å². The lowest BCUT2D eigenvalue weighted by atomic mass is 10.1. The maximum absolute atomic E-state index is 13.8. The third kappa shape index (κ3) is 4.23. The largest absolute Gasteiger partial charge is 0.495 e. The molecule has 2 aromatic carbocycles. The summed E-state index contributed by atoms with van der Waals surface area (Å²) in [5.41, 5.74) is 1.58. The van der Waals surface area contributed by atoms with Crippen molar-refractivity contribution in [3.63, 3.8) is 0 Å². The molecule has 1 aromatic heterocycles. The minimum absolute atomic E-state index is 0.0272. The summed E-state index contributed by atoms with van der Waals surface area (Å²) in [6.07, 6.45) is 0. The Morgan fingerprint density at radius 3 is 2.42 bits per heavy atom. The van der Waals surface area contributed by atoms with Gasteiger partial charge in [-0.25, -0.2) is 13.2 Å². The molecular weight excluding hydrogens is 444 g/mol. The van der Waals surface area contributed by atoms with Crippen LogP contribution in [0, 0.1) is 0 Å². The Morgan fingerprint density at radius 1 is 1.09 bits per heavy atom. The van der Waals surface area contributed by atoms with Gasteiger partial charge in [0.05, 0.1) is 42.9 Å². The van der Waals surface area contributed by atoms with Crippen LogP contribution in [0.3, 0.4) is 0 Å². The molecule has 1 aliphatic rings. The van der Waals surface area contributed by atoms with Crippen LogP contribution in [-0.4, -0.2) is 63.9 Å². The molecule has 0 aliphatic carbocycles. The van der Waals surface area contributed by atoms with Gasteiger partial charge in [0, 0.05) is 37.8 Å². The van der Waals surface area contributed by atoms with Gasteiger partial charge in [-0.05, 0) is 31.2 Å². The second-order valence-corrected chi connectivity index (χ2v) is 9.68. The SMILES string of the molecule is CCOC(=O)c1c(CN2CCOCC2)n(C)c2ccc(OC)c(S(=O)(=O)c3ccccc3)c12. The Bertz CT molecular complexity index is 1260. The van der Waals surface area contributed by atoms with E-state index in [0.29, 0.717) is 36.4 Å². The molecule has 0 saturated carbocycles. The van der Waals surface area contributed by atoms with E-state index in [-0.39, 0.29) is 27.7 Å². The number of carbonyl (C=O) groups excluding carboxylic acids is 1. The molecule has 0 radical (unpaired) electrons. The lowest BCUT2D eigenvalue weighted by molar-refractivity contribution is 0.0328. The molecule has 0 unspecified atom stereocenters. The summed E-state index contributed by atoms with van der Waals surface area (Å²) in [5, 5.41) is 0.322. The summed E-state index contributed by atoms with van der Waals surface area (Å²) in [4.78, 5) is 15.5. The number of ether oxygens (including phenoxy) is 3. The maximum Gasteiger partial charge on any atom is 0.340 e. The predicted octanol–water partition coefficient (Wildman–Crippen LogP) is 3.03. The van der Waals surface area contributed by atoms with E-state index < -0.39 is 15.8 Å². The summed E-state index contributed by atoms with van der Waals surface area (Å²) in [6.45, 7) is 5.05. The number of aromatic nitrogens is 1. The number of esters is 1. The quantitative estimate of drug-likeness (QED) is 0.489. The van der Waals surface area contributed by atoms with Gasteiger partial charge in [-0.1, -0.05) is 18.2 Å². The number of carbonyl (C=O) groups is 1. The molecule has 8 nitrogen and oxygen atoms in total. The first-order valence-electron chi connectivity index (χ1n) is 10.9. The second kappa shape index (κ2) is 9.54. The lowest BCUT2D eigenvalue weighted by Crippen LogP contribution is -2.36. The molecule has 2 heterocycles. The van der Waals surface area contributed by atoms with Crippen LogP contribution >= 0.6 is 0 Å². The van der Waals surface area contributed by atoms with Crippen molar-refractivity contribution in [3.05, 3.63) is 53.7 Å². The Hall–Kier alpha value is -2.88. The van der Waals surface area contributed by atoms with E-state index in [4.69, 9.17) is 14.2 Å². The number of sulfone groups is 1. The van der Waals surface area contributed by atoms with Crippen LogP contribution < -0.4 is 4.74 Å². The third-order valence-electron chi connectivity index (χ3n) is 5.90. The van der Waals surface area contributed by atoms with E-state index in [2.05, 4.69) is 4.90 Å². The number of nitrogens with zero attached hydrogens (tertiary/aromatic N) is 2. The molecule has 0 N–H and O–H groups in total. The summed E-state index contributed by atoms with van der Waals surface area (Å²) in [5.74, 6) is -0.371. The van der Waals surface area contributed by atoms with Gasteiger partial charge in [0.15, 0.2) is 0 Å². The number of aryl methyl sites for hydroxylation is 1. The van der Waals surface area contributed by atoms with Gasteiger partial charge in [0.25, 0.3) is 0 Å². The molecule has 0 atom stereocenters. The number of hydrogen-bond acceptors (Lipinski definition) is 7. The summed E-state index contributed by atoms with van der Waals surface area (Å²) in [6, 6.07) is 11.6. The molecule has 0 amide bonds. The van der Waals surface area contributed by atoms with Crippen LogP contribution in [0.25, 0.3) is 10.9 Å². The van der Waals surface area contributed by atoms with E-state index in [1.165, 1.54) is 19.2 Å². The zero-order valence-corrected chi connectivity index (χ0v) is 19.9. The highest BCUT2D eigenvalue weighted by atomic mass is 32.2. The zero-order chi connectivity index (χ0) is 23.6. The molecule has 1 saturated heterocycles. The summed E-state index contributed by atoms with van der Waals surface area (Å²) < 4.78 is 45.8. The number of morpholine rings is 1. The van der Waals surface area contributed by atoms with Crippen molar-refractivity contribution in [3.8, 4) is 5.75 Å². The van der Waals surface area contributed by atoms with Crippen LogP contribution in [0.1, 0.15) is 23.0 Å². The molecule has 9 heteroatoms. The molecule has 4 rings (SSSR count). The number of hydrogen-bond donors (Lipinski definition) is 0. The predicted molar refractivity (Wildman–Crippen MR) is 123 cm³/mol. The first-order valence-corrected chi connectivity index (χ1v) is 12.3. The van der Waals surface area contributed by atoms with E-state index in [9.17, 15) is 13.2 Å². The van der Waals surface area contributed by atoms with Gasteiger partial charge in [-0.15, -0.1) is 0 Å². The van der Waals surface area contributed by atoms with E-state index in [1.54, 1.807) is 37.3 Å². The number of fused-ring (bicyclic) bond motifs is 1. The van der Waals surface area contributed by atoms with Gasteiger partial charge in [0.1, 0.15) is 10.6 Å². The molecule has 0 bridgehead atoms. The Kier molecular flexibility index (Phi) is 6.73. The van der Waals surface area contributed by atoms with E-state index in [0.717, 1.165) is 13.1 Å². The van der Waals surface area contributed by atoms with Crippen molar-refractivity contribution >= 4 is 26.7 Å². The highest BCUT2D eigenvalue weighted by molar-refractivity contribution is 7.91. The van der Waals surface area contributed by atoms with Gasteiger partial charge >= 0.3 is 5.97 Å². The fraction of sp³-hybridized carbons (Fsp3) is 0.375. The standard InChI is InChI=1S/C24H28N2O6S/c1-4-32-24(27)22-19(16-26-12-14-31-15-13-26)25(2)18-10-11-20(30-3)23(21(18)22)33(28,29)17-8-6-5-7-9-17/h5-11H,4,12-16H2,1-3H3. The van der Waals surface area contributed by atoms with Crippen LogP contribution in [0.5, 0.6) is 5.75 Å². The van der Waals surface area contributed by atoms with Gasteiger partial charge < -0.3 is 18.8 Å². The smallest absolute Gasteiger partial charge is 0.340 e. The van der Waals surface area contributed by atoms with Crippen LogP contribution in [0.4, 0.5) is 0 Å². The van der Waals surface area contributed by atoms with Crippen molar-refractivity contribution in [1.29, 1.82) is 0 Å². The fourth-order valence-corrected chi connectivity index (χ4v) is 5.90. The van der Waals surface area contributed by atoms with E-state index in [1.807, 2.05) is 11.6 Å². The third-order valence-corrected chi connectivity index (χ3v) is 7.74. The molecule has 33 heavy (non-hydrogen) atoms. The van der Waals surface area contributed by atoms with Crippen molar-refractivity contribution in [2.24, 2.45) is 7.05 Å². The Balaban J connectivity index is 2.03. The van der Waals surface area contributed by atoms with E-state index >= 15 is 0 Å². The fourth-order valence-electron chi connectivity index (χ4n) is 4.26. The molecular formula is C24H28N2O6S. The summed E-state index contributed by atoms with van der Waals surface area (Å²) in [7, 11) is -0.733. The molecule has 176 valence electrons. The molecule has 1 aliphatic heterocycles. The Labute approximate surface area is 193 Å². The molecule has 1 fully saturated rings. The van der Waals surface area contributed by atoms with Gasteiger partial charge in [-0.2, -0.15) is 0 Å². The topological polar surface area (TPSA) is 87.1 Å². The average molecular weight is 473 g/mol. The Morgan fingerprint density at radius 2 is 1.79 bits per heavy atom. The van der Waals surface area contributed by atoms with Crippen LogP contribution in [0.15, 0.2) is 52.3 Å². The second-order valence-electron chi connectivity index (χ2n) is 7.80.